The Bertz CT molecular complexity index is 412. The van der Waals surface area contributed by atoms with Gasteiger partial charge in [0.1, 0.15) is 5.82 Å². The molecule has 0 radical (unpaired) electrons. The summed E-state index contributed by atoms with van der Waals surface area (Å²) in [5.41, 5.74) is 1.11. The van der Waals surface area contributed by atoms with Crippen LogP contribution in [-0.2, 0) is 4.74 Å². The van der Waals surface area contributed by atoms with Crippen molar-refractivity contribution >= 4 is 5.69 Å². The van der Waals surface area contributed by atoms with E-state index in [0.29, 0.717) is 6.10 Å². The second kappa shape index (κ2) is 6.52. The van der Waals surface area contributed by atoms with Gasteiger partial charge in [-0.3, -0.25) is 4.90 Å². The van der Waals surface area contributed by atoms with Crippen LogP contribution in [0.2, 0.25) is 0 Å². The van der Waals surface area contributed by atoms with Crippen LogP contribution >= 0.6 is 0 Å². The molecule has 0 amide bonds. The molecule has 4 nitrogen and oxygen atoms in total. The summed E-state index contributed by atoms with van der Waals surface area (Å²) in [6.07, 6.45) is 0.320. The van der Waals surface area contributed by atoms with Crippen LogP contribution < -0.4 is 10.2 Å². The van der Waals surface area contributed by atoms with E-state index in [9.17, 15) is 4.39 Å². The Balaban J connectivity index is 1.47. The van der Waals surface area contributed by atoms with Crippen molar-refractivity contribution in [3.8, 4) is 0 Å². The quantitative estimate of drug-likeness (QED) is 0.891. The molecule has 2 heterocycles. The van der Waals surface area contributed by atoms with E-state index < -0.39 is 0 Å². The lowest BCUT2D eigenvalue weighted by molar-refractivity contribution is 0.00465. The second-order valence-electron chi connectivity index (χ2n) is 5.46. The summed E-state index contributed by atoms with van der Waals surface area (Å²) in [6.45, 7) is 7.81. The molecule has 1 unspecified atom stereocenters. The van der Waals surface area contributed by atoms with Crippen LogP contribution in [0.1, 0.15) is 0 Å². The number of piperazine rings is 1. The van der Waals surface area contributed by atoms with Crippen LogP contribution in [0.3, 0.4) is 0 Å². The molecule has 0 aliphatic carbocycles. The maximum absolute atomic E-state index is 12.9. The van der Waals surface area contributed by atoms with Crippen LogP contribution in [0.15, 0.2) is 24.3 Å². The van der Waals surface area contributed by atoms with E-state index in [-0.39, 0.29) is 5.82 Å². The van der Waals surface area contributed by atoms with Crippen LogP contribution in [0.25, 0.3) is 0 Å². The van der Waals surface area contributed by atoms with Crippen molar-refractivity contribution in [2.45, 2.75) is 6.10 Å². The van der Waals surface area contributed by atoms with Gasteiger partial charge in [-0.05, 0) is 24.3 Å². The molecule has 2 aliphatic rings. The summed E-state index contributed by atoms with van der Waals surface area (Å²) in [7, 11) is 0. The molecular weight excluding hydrogens is 257 g/mol. The lowest BCUT2D eigenvalue weighted by Crippen LogP contribution is -2.51. The number of benzene rings is 1. The summed E-state index contributed by atoms with van der Waals surface area (Å²) in [6, 6.07) is 6.78. The first-order valence-corrected chi connectivity index (χ1v) is 7.36. The lowest BCUT2D eigenvalue weighted by Gasteiger charge is -2.38. The van der Waals surface area contributed by atoms with Gasteiger partial charge in [0.25, 0.3) is 0 Å². The number of anilines is 1. The van der Waals surface area contributed by atoms with Crippen molar-refractivity contribution in [3.63, 3.8) is 0 Å². The third-order valence-corrected chi connectivity index (χ3v) is 4.03. The van der Waals surface area contributed by atoms with E-state index in [0.717, 1.165) is 58.1 Å². The van der Waals surface area contributed by atoms with Crippen molar-refractivity contribution in [1.29, 1.82) is 0 Å². The van der Waals surface area contributed by atoms with Crippen LogP contribution in [0.4, 0.5) is 10.1 Å². The van der Waals surface area contributed by atoms with Crippen molar-refractivity contribution in [3.05, 3.63) is 30.1 Å². The average molecular weight is 279 g/mol. The maximum atomic E-state index is 12.9. The summed E-state index contributed by atoms with van der Waals surface area (Å²) >= 11 is 0. The second-order valence-corrected chi connectivity index (χ2v) is 5.46. The molecule has 2 aliphatic heterocycles. The van der Waals surface area contributed by atoms with E-state index in [1.807, 2.05) is 12.1 Å². The maximum Gasteiger partial charge on any atom is 0.123 e. The fourth-order valence-corrected chi connectivity index (χ4v) is 2.87. The topological polar surface area (TPSA) is 27.7 Å². The Labute approximate surface area is 119 Å². The Hall–Kier alpha value is -1.17. The summed E-state index contributed by atoms with van der Waals surface area (Å²) in [5, 5.41) is 3.37. The molecular formula is C15H22FN3O. The molecule has 5 heteroatoms. The van der Waals surface area contributed by atoms with E-state index >= 15 is 0 Å². The molecule has 20 heavy (non-hydrogen) atoms. The minimum atomic E-state index is -0.172. The molecule has 2 saturated heterocycles. The highest BCUT2D eigenvalue weighted by atomic mass is 19.1. The Morgan fingerprint density at radius 1 is 1.15 bits per heavy atom. The Morgan fingerprint density at radius 3 is 2.55 bits per heavy atom. The average Bonchev–Trinajstić information content (AvgIpc) is 2.50. The number of rotatable bonds is 3. The van der Waals surface area contributed by atoms with Crippen molar-refractivity contribution in [1.82, 2.24) is 10.2 Å². The van der Waals surface area contributed by atoms with Gasteiger partial charge in [-0.15, -0.1) is 0 Å². The number of hydrogen-bond donors (Lipinski definition) is 1. The van der Waals surface area contributed by atoms with E-state index in [4.69, 9.17) is 4.74 Å². The predicted octanol–water partition coefficient (Wildman–Crippen LogP) is 0.936. The molecule has 110 valence electrons. The van der Waals surface area contributed by atoms with Gasteiger partial charge in [0.2, 0.25) is 0 Å². The predicted molar refractivity (Wildman–Crippen MR) is 77.7 cm³/mol. The van der Waals surface area contributed by atoms with Gasteiger partial charge in [-0.1, -0.05) is 0 Å². The minimum absolute atomic E-state index is 0.172. The zero-order valence-electron chi connectivity index (χ0n) is 11.7. The highest BCUT2D eigenvalue weighted by Crippen LogP contribution is 2.17. The highest BCUT2D eigenvalue weighted by molar-refractivity contribution is 5.46. The first kappa shape index (κ1) is 13.8. The minimum Gasteiger partial charge on any atom is -0.374 e. The van der Waals surface area contributed by atoms with Gasteiger partial charge in [0.05, 0.1) is 12.7 Å². The lowest BCUT2D eigenvalue weighted by atomic mass is 10.2. The zero-order chi connectivity index (χ0) is 13.8. The Kier molecular flexibility index (Phi) is 4.50. The van der Waals surface area contributed by atoms with Crippen molar-refractivity contribution in [2.75, 3.05) is 57.3 Å². The first-order valence-electron chi connectivity index (χ1n) is 7.36. The molecule has 1 N–H and O–H groups in total. The van der Waals surface area contributed by atoms with Gasteiger partial charge < -0.3 is 15.0 Å². The summed E-state index contributed by atoms with van der Waals surface area (Å²) in [5.74, 6) is -0.172. The third-order valence-electron chi connectivity index (χ3n) is 4.03. The van der Waals surface area contributed by atoms with E-state index in [2.05, 4.69) is 15.1 Å². The molecule has 2 fully saturated rings. The number of morpholine rings is 1. The van der Waals surface area contributed by atoms with E-state index in [1.54, 1.807) is 0 Å². The van der Waals surface area contributed by atoms with Gasteiger partial charge in [-0.25, -0.2) is 4.39 Å². The molecule has 0 saturated carbocycles. The molecule has 0 spiro atoms. The molecule has 1 aromatic carbocycles. The fourth-order valence-electron chi connectivity index (χ4n) is 2.87. The SMILES string of the molecule is Fc1ccc(N2CCN(CC3CNCCO3)CC2)cc1. The molecule has 3 rings (SSSR count). The van der Waals surface area contributed by atoms with Gasteiger partial charge in [0, 0.05) is 51.5 Å². The largest absolute Gasteiger partial charge is 0.374 e. The number of hydrogen-bond acceptors (Lipinski definition) is 4. The van der Waals surface area contributed by atoms with Crippen molar-refractivity contribution in [2.24, 2.45) is 0 Å². The molecule has 1 atom stereocenters. The van der Waals surface area contributed by atoms with E-state index in [1.165, 1.54) is 12.1 Å². The standard InChI is InChI=1S/C15H22FN3O/c16-13-1-3-14(4-2-13)19-8-6-18(7-9-19)12-15-11-17-5-10-20-15/h1-4,15,17H,5-12H2. The van der Waals surface area contributed by atoms with Crippen LogP contribution in [0.5, 0.6) is 0 Å². The van der Waals surface area contributed by atoms with Gasteiger partial charge in [-0.2, -0.15) is 0 Å². The molecule has 0 aromatic heterocycles. The Morgan fingerprint density at radius 2 is 1.90 bits per heavy atom. The van der Waals surface area contributed by atoms with Gasteiger partial charge >= 0.3 is 0 Å². The molecule has 0 bridgehead atoms. The number of ether oxygens (including phenoxy) is 1. The zero-order valence-corrected chi connectivity index (χ0v) is 11.7. The van der Waals surface area contributed by atoms with Gasteiger partial charge in [0.15, 0.2) is 0 Å². The summed E-state index contributed by atoms with van der Waals surface area (Å²) in [4.78, 5) is 4.77. The number of nitrogens with zero attached hydrogens (tertiary/aromatic N) is 2. The van der Waals surface area contributed by atoms with Crippen LogP contribution in [0, 0.1) is 5.82 Å². The summed E-state index contributed by atoms with van der Waals surface area (Å²) < 4.78 is 18.7. The first-order chi connectivity index (χ1) is 9.81. The van der Waals surface area contributed by atoms with Crippen LogP contribution in [-0.4, -0.2) is 63.4 Å². The number of halogens is 1. The monoisotopic (exact) mass is 279 g/mol. The normalized spacial score (nSPS) is 24.9. The highest BCUT2D eigenvalue weighted by Gasteiger charge is 2.21. The third kappa shape index (κ3) is 3.48. The number of nitrogens with one attached hydrogen (secondary N) is 1. The fraction of sp³-hybridized carbons (Fsp3) is 0.600. The van der Waals surface area contributed by atoms with Crippen molar-refractivity contribution < 1.29 is 9.13 Å². The molecule has 1 aromatic rings. The smallest absolute Gasteiger partial charge is 0.123 e.